The maximum atomic E-state index is 12.6. The van der Waals surface area contributed by atoms with Gasteiger partial charge in [0.25, 0.3) is 5.91 Å². The summed E-state index contributed by atoms with van der Waals surface area (Å²) in [5.41, 5.74) is 1.04. The van der Waals surface area contributed by atoms with E-state index >= 15 is 0 Å². The maximum Gasteiger partial charge on any atom is 0.416 e. The largest absolute Gasteiger partial charge is 0.481 e. The van der Waals surface area contributed by atoms with Gasteiger partial charge in [-0.2, -0.15) is 18.3 Å². The topological polar surface area (TPSA) is 67.0 Å². The van der Waals surface area contributed by atoms with E-state index in [1.807, 2.05) is 30.3 Å². The van der Waals surface area contributed by atoms with Crippen LogP contribution < -0.4 is 10.1 Å². The van der Waals surface area contributed by atoms with E-state index in [0.717, 1.165) is 17.7 Å². The Morgan fingerprint density at radius 3 is 2.62 bits per heavy atom. The normalized spacial score (nSPS) is 10.7. The third-order valence-corrected chi connectivity index (χ3v) is 3.83. The smallest absolute Gasteiger partial charge is 0.416 e. The average Bonchev–Trinajstić information content (AvgIpc) is 3.21. The van der Waals surface area contributed by atoms with Gasteiger partial charge in [0.15, 0.2) is 0 Å². The van der Waals surface area contributed by atoms with Crippen LogP contribution in [0, 0.1) is 11.8 Å². The number of hydrogen-bond donors (Lipinski definition) is 2. The second-order valence-corrected chi connectivity index (χ2v) is 5.88. The molecular weight excluding hydrogens is 383 g/mol. The first-order valence-corrected chi connectivity index (χ1v) is 8.58. The lowest BCUT2D eigenvalue weighted by atomic mass is 10.1. The Balaban J connectivity index is 1.46. The number of aromatic amines is 1. The molecule has 0 saturated heterocycles. The summed E-state index contributed by atoms with van der Waals surface area (Å²) in [6, 6.07) is 15.6. The summed E-state index contributed by atoms with van der Waals surface area (Å²) in [5, 5.41) is 9.37. The predicted molar refractivity (Wildman–Crippen MR) is 101 cm³/mol. The predicted octanol–water partition coefficient (Wildman–Crippen LogP) is 3.91. The van der Waals surface area contributed by atoms with Crippen molar-refractivity contribution in [3.63, 3.8) is 0 Å². The summed E-state index contributed by atoms with van der Waals surface area (Å²) in [7, 11) is 0. The molecule has 1 aromatic heterocycles. The first-order chi connectivity index (χ1) is 13.9. The summed E-state index contributed by atoms with van der Waals surface area (Å²) >= 11 is 0. The number of aromatic nitrogens is 2. The summed E-state index contributed by atoms with van der Waals surface area (Å²) in [6.45, 7) is -0.0378. The number of halogens is 3. The van der Waals surface area contributed by atoms with E-state index in [9.17, 15) is 18.0 Å². The minimum atomic E-state index is -4.43. The van der Waals surface area contributed by atoms with Gasteiger partial charge in [-0.05, 0) is 24.3 Å². The number of nitrogens with one attached hydrogen (secondary N) is 2. The monoisotopic (exact) mass is 399 g/mol. The van der Waals surface area contributed by atoms with E-state index in [-0.39, 0.29) is 24.8 Å². The van der Waals surface area contributed by atoms with Crippen LogP contribution in [0.25, 0.3) is 11.3 Å². The van der Waals surface area contributed by atoms with E-state index in [1.165, 1.54) is 12.1 Å². The molecule has 1 amide bonds. The number of carbonyl (C=O) groups is 1. The van der Waals surface area contributed by atoms with E-state index in [0.29, 0.717) is 11.4 Å². The Bertz CT molecular complexity index is 1030. The molecule has 3 aromatic rings. The Hall–Kier alpha value is -3.73. The number of rotatable bonds is 5. The van der Waals surface area contributed by atoms with Crippen LogP contribution in [0.15, 0.2) is 60.7 Å². The van der Waals surface area contributed by atoms with Crippen LogP contribution in [-0.2, 0) is 6.18 Å². The van der Waals surface area contributed by atoms with Crippen molar-refractivity contribution >= 4 is 5.91 Å². The number of nitrogens with zero attached hydrogens (tertiary/aromatic N) is 1. The Labute approximate surface area is 164 Å². The molecule has 1 heterocycles. The van der Waals surface area contributed by atoms with Gasteiger partial charge < -0.3 is 10.1 Å². The van der Waals surface area contributed by atoms with Gasteiger partial charge in [-0.1, -0.05) is 48.2 Å². The lowest BCUT2D eigenvalue weighted by Crippen LogP contribution is -2.24. The first-order valence-electron chi connectivity index (χ1n) is 8.58. The van der Waals surface area contributed by atoms with Crippen molar-refractivity contribution in [1.29, 1.82) is 0 Å². The van der Waals surface area contributed by atoms with Gasteiger partial charge in [0.05, 0.1) is 17.8 Å². The van der Waals surface area contributed by atoms with E-state index in [4.69, 9.17) is 4.74 Å². The van der Waals surface area contributed by atoms with Crippen molar-refractivity contribution in [2.45, 2.75) is 6.18 Å². The molecule has 29 heavy (non-hydrogen) atoms. The van der Waals surface area contributed by atoms with Crippen molar-refractivity contribution in [1.82, 2.24) is 15.5 Å². The zero-order valence-corrected chi connectivity index (χ0v) is 15.1. The molecule has 0 aliphatic heterocycles. The second kappa shape index (κ2) is 8.97. The van der Waals surface area contributed by atoms with Crippen LogP contribution in [0.1, 0.15) is 16.1 Å². The average molecular weight is 399 g/mol. The summed E-state index contributed by atoms with van der Waals surface area (Å²) < 4.78 is 43.1. The number of H-pyrrole nitrogens is 1. The molecule has 0 atom stereocenters. The number of hydrogen-bond acceptors (Lipinski definition) is 3. The first kappa shape index (κ1) is 20.0. The van der Waals surface area contributed by atoms with Gasteiger partial charge in [-0.25, -0.2) is 0 Å². The highest BCUT2D eigenvalue weighted by Gasteiger charge is 2.30. The highest BCUT2D eigenvalue weighted by molar-refractivity contribution is 5.93. The molecule has 0 unspecified atom stereocenters. The molecule has 0 radical (unpaired) electrons. The van der Waals surface area contributed by atoms with Gasteiger partial charge in [0.1, 0.15) is 18.1 Å². The Morgan fingerprint density at radius 2 is 1.86 bits per heavy atom. The minimum absolute atomic E-state index is 0.0600. The van der Waals surface area contributed by atoms with Crippen LogP contribution in [0.4, 0.5) is 13.2 Å². The highest BCUT2D eigenvalue weighted by Crippen LogP contribution is 2.31. The third-order valence-electron chi connectivity index (χ3n) is 3.83. The lowest BCUT2D eigenvalue weighted by molar-refractivity contribution is -0.137. The lowest BCUT2D eigenvalue weighted by Gasteiger charge is -2.08. The third kappa shape index (κ3) is 5.62. The summed E-state index contributed by atoms with van der Waals surface area (Å²) in [5.74, 6) is 5.02. The molecular formula is C21H16F3N3O2. The number of benzene rings is 2. The molecule has 0 aliphatic carbocycles. The Morgan fingerprint density at radius 1 is 1.07 bits per heavy atom. The molecule has 8 heteroatoms. The molecule has 148 valence electrons. The molecule has 2 aromatic carbocycles. The van der Waals surface area contributed by atoms with Gasteiger partial charge in [0.2, 0.25) is 0 Å². The standard InChI is InChI=1S/C21H16F3N3O2/c22-21(23,24)16-9-6-10-17(13-16)29-12-5-4-11-25-20(28)19-14-18(26-27-19)15-7-2-1-3-8-15/h1-3,6-10,13-14H,11-12H2,(H,25,28)(H,26,27). The molecule has 0 bridgehead atoms. The van der Waals surface area contributed by atoms with Gasteiger partial charge in [0, 0.05) is 5.56 Å². The van der Waals surface area contributed by atoms with Crippen LogP contribution in [-0.4, -0.2) is 29.3 Å². The summed E-state index contributed by atoms with van der Waals surface area (Å²) in [4.78, 5) is 12.1. The van der Waals surface area contributed by atoms with Gasteiger partial charge in [-0.15, -0.1) is 0 Å². The highest BCUT2D eigenvalue weighted by atomic mass is 19.4. The van der Waals surface area contributed by atoms with Crippen molar-refractivity contribution in [2.24, 2.45) is 0 Å². The number of ether oxygens (including phenoxy) is 1. The number of alkyl halides is 3. The van der Waals surface area contributed by atoms with E-state index < -0.39 is 11.7 Å². The number of carbonyl (C=O) groups excluding carboxylic acids is 1. The molecule has 3 rings (SSSR count). The van der Waals surface area contributed by atoms with Crippen molar-refractivity contribution in [2.75, 3.05) is 13.2 Å². The van der Waals surface area contributed by atoms with Crippen molar-refractivity contribution < 1.29 is 22.7 Å². The minimum Gasteiger partial charge on any atom is -0.481 e. The zero-order valence-electron chi connectivity index (χ0n) is 15.1. The molecule has 0 spiro atoms. The molecule has 2 N–H and O–H groups in total. The number of amides is 1. The maximum absolute atomic E-state index is 12.6. The molecule has 0 fully saturated rings. The fourth-order valence-corrected chi connectivity index (χ4v) is 2.41. The van der Waals surface area contributed by atoms with Crippen molar-refractivity contribution in [3.8, 4) is 28.8 Å². The van der Waals surface area contributed by atoms with Crippen LogP contribution in [0.5, 0.6) is 5.75 Å². The Kier molecular flexibility index (Phi) is 6.19. The quantitative estimate of drug-likeness (QED) is 0.640. The van der Waals surface area contributed by atoms with Crippen molar-refractivity contribution in [3.05, 3.63) is 71.9 Å². The summed E-state index contributed by atoms with van der Waals surface area (Å²) in [6.07, 6.45) is -4.43. The molecule has 0 saturated carbocycles. The van der Waals surface area contributed by atoms with Gasteiger partial charge >= 0.3 is 6.18 Å². The van der Waals surface area contributed by atoms with Crippen LogP contribution >= 0.6 is 0 Å². The molecule has 0 aliphatic rings. The van der Waals surface area contributed by atoms with E-state index in [1.54, 1.807) is 6.07 Å². The van der Waals surface area contributed by atoms with Gasteiger partial charge in [-0.3, -0.25) is 9.89 Å². The SMILES string of the molecule is O=C(NCC#CCOc1cccc(C(F)(F)F)c1)c1cc(-c2ccccc2)n[nH]1. The fraction of sp³-hybridized carbons (Fsp3) is 0.143. The second-order valence-electron chi connectivity index (χ2n) is 5.88. The van der Waals surface area contributed by atoms with Crippen LogP contribution in [0.2, 0.25) is 0 Å². The zero-order chi connectivity index (χ0) is 20.7. The van der Waals surface area contributed by atoms with E-state index in [2.05, 4.69) is 27.4 Å². The fourth-order valence-electron chi connectivity index (χ4n) is 2.41. The molecule has 5 nitrogen and oxygen atoms in total. The van der Waals surface area contributed by atoms with Crippen LogP contribution in [0.3, 0.4) is 0 Å².